The van der Waals surface area contributed by atoms with Gasteiger partial charge >= 0.3 is 0 Å². The zero-order chi connectivity index (χ0) is 20.3. The third-order valence-electron chi connectivity index (χ3n) is 5.72. The molecule has 2 aromatic heterocycles. The highest BCUT2D eigenvalue weighted by Gasteiger charge is 2.24. The number of rotatable bonds is 5. The highest BCUT2D eigenvalue weighted by atomic mass is 16.5. The topological polar surface area (TPSA) is 82.1 Å². The van der Waals surface area contributed by atoms with Gasteiger partial charge in [-0.25, -0.2) is 15.0 Å². The molecular formula is C23H25N5O2. The molecular weight excluding hydrogens is 378 g/mol. The van der Waals surface area contributed by atoms with E-state index in [1.807, 2.05) is 19.3 Å². The lowest BCUT2D eigenvalue weighted by Gasteiger charge is -2.30. The first-order valence-electron chi connectivity index (χ1n) is 10.5. The number of fused-ring (bicyclic) bond motifs is 1. The van der Waals surface area contributed by atoms with Crippen molar-refractivity contribution in [3.8, 4) is 5.75 Å². The van der Waals surface area contributed by atoms with Gasteiger partial charge < -0.3 is 14.8 Å². The average Bonchev–Trinajstić information content (AvgIpc) is 3.30. The summed E-state index contributed by atoms with van der Waals surface area (Å²) in [5.74, 6) is 2.49. The molecule has 0 atom stereocenters. The van der Waals surface area contributed by atoms with Crippen LogP contribution in [-0.2, 0) is 4.74 Å². The van der Waals surface area contributed by atoms with Crippen LogP contribution in [0.3, 0.4) is 0 Å². The van der Waals surface area contributed by atoms with Crippen LogP contribution >= 0.6 is 0 Å². The molecule has 1 fully saturated rings. The van der Waals surface area contributed by atoms with Crippen LogP contribution in [0.5, 0.6) is 5.75 Å². The molecule has 1 aliphatic heterocycles. The molecule has 0 radical (unpaired) electrons. The van der Waals surface area contributed by atoms with Gasteiger partial charge in [0.1, 0.15) is 22.9 Å². The van der Waals surface area contributed by atoms with Crippen molar-refractivity contribution in [2.75, 3.05) is 11.9 Å². The van der Waals surface area contributed by atoms with Crippen molar-refractivity contribution in [2.45, 2.75) is 51.2 Å². The van der Waals surface area contributed by atoms with Crippen LogP contribution in [0.1, 0.15) is 43.5 Å². The number of aromatic nitrogens is 4. The van der Waals surface area contributed by atoms with E-state index in [0.29, 0.717) is 6.04 Å². The normalized spacial score (nSPS) is 21.2. The van der Waals surface area contributed by atoms with E-state index in [9.17, 15) is 0 Å². The Morgan fingerprint density at radius 3 is 2.70 bits per heavy atom. The Morgan fingerprint density at radius 2 is 1.90 bits per heavy atom. The number of hydrogen-bond acceptors (Lipinski definition) is 7. The Balaban J connectivity index is 1.29. The summed E-state index contributed by atoms with van der Waals surface area (Å²) in [5, 5.41) is 3.53. The molecule has 3 aromatic rings. The minimum atomic E-state index is 0.171. The zero-order valence-corrected chi connectivity index (χ0v) is 17.0. The fourth-order valence-corrected chi connectivity index (χ4v) is 4.17. The number of nitrogens with one attached hydrogen (secondary N) is 1. The number of aryl methyl sites for hydroxylation is 1. The summed E-state index contributed by atoms with van der Waals surface area (Å²) in [6, 6.07) is 6.49. The first kappa shape index (κ1) is 18.8. The summed E-state index contributed by atoms with van der Waals surface area (Å²) >= 11 is 0. The van der Waals surface area contributed by atoms with E-state index >= 15 is 0 Å². The summed E-state index contributed by atoms with van der Waals surface area (Å²) in [6.45, 7) is 2.64. The summed E-state index contributed by atoms with van der Waals surface area (Å²) < 4.78 is 11.9. The van der Waals surface area contributed by atoms with Gasteiger partial charge in [0, 0.05) is 31.1 Å². The van der Waals surface area contributed by atoms with Gasteiger partial charge in [0.2, 0.25) is 0 Å². The fourth-order valence-electron chi connectivity index (χ4n) is 4.17. The Bertz CT molecular complexity index is 1080. The minimum absolute atomic E-state index is 0.171. The first-order valence-corrected chi connectivity index (χ1v) is 10.5. The quantitative estimate of drug-likeness (QED) is 0.680. The maximum Gasteiger partial charge on any atom is 0.148 e. The van der Waals surface area contributed by atoms with E-state index in [1.165, 1.54) is 5.57 Å². The second-order valence-electron chi connectivity index (χ2n) is 7.89. The van der Waals surface area contributed by atoms with E-state index < -0.39 is 0 Å². The van der Waals surface area contributed by atoms with E-state index in [-0.39, 0.29) is 6.10 Å². The number of nitrogens with zero attached hydrogens (tertiary/aromatic N) is 4. The van der Waals surface area contributed by atoms with Crippen LogP contribution in [-0.4, -0.2) is 38.7 Å². The molecule has 5 rings (SSSR count). The molecule has 0 saturated heterocycles. The van der Waals surface area contributed by atoms with Crippen molar-refractivity contribution in [2.24, 2.45) is 0 Å². The molecule has 7 nitrogen and oxygen atoms in total. The van der Waals surface area contributed by atoms with E-state index in [0.717, 1.165) is 72.7 Å². The summed E-state index contributed by atoms with van der Waals surface area (Å²) in [7, 11) is 0. The van der Waals surface area contributed by atoms with Gasteiger partial charge in [-0.05, 0) is 61.9 Å². The Hall–Kier alpha value is -3.22. The van der Waals surface area contributed by atoms with E-state index in [2.05, 4.69) is 37.4 Å². The number of benzene rings is 1. The molecule has 0 unspecified atom stereocenters. The van der Waals surface area contributed by atoms with Crippen molar-refractivity contribution < 1.29 is 9.47 Å². The molecule has 2 aliphatic rings. The second-order valence-corrected chi connectivity index (χ2v) is 7.89. The molecule has 1 aliphatic carbocycles. The van der Waals surface area contributed by atoms with Crippen LogP contribution in [0.2, 0.25) is 0 Å². The zero-order valence-electron chi connectivity index (χ0n) is 17.0. The summed E-state index contributed by atoms with van der Waals surface area (Å²) in [4.78, 5) is 17.6. The maximum atomic E-state index is 6.46. The predicted molar refractivity (Wildman–Crippen MR) is 115 cm³/mol. The number of anilines is 1. The van der Waals surface area contributed by atoms with Gasteiger partial charge in [-0.15, -0.1) is 0 Å². The smallest absolute Gasteiger partial charge is 0.148 e. The summed E-state index contributed by atoms with van der Waals surface area (Å²) in [6.07, 6.45) is 12.2. The van der Waals surface area contributed by atoms with Crippen LogP contribution in [0, 0.1) is 6.92 Å². The maximum absolute atomic E-state index is 6.46. The van der Waals surface area contributed by atoms with Crippen molar-refractivity contribution in [1.82, 2.24) is 19.9 Å². The Labute approximate surface area is 175 Å². The highest BCUT2D eigenvalue weighted by molar-refractivity contribution is 5.85. The van der Waals surface area contributed by atoms with Crippen LogP contribution < -0.4 is 10.1 Å². The number of ether oxygens (including phenoxy) is 2. The third kappa shape index (κ3) is 4.06. The molecule has 154 valence electrons. The van der Waals surface area contributed by atoms with Gasteiger partial charge in [-0.2, -0.15) is 0 Å². The van der Waals surface area contributed by atoms with Crippen LogP contribution in [0.15, 0.2) is 43.1 Å². The SMILES string of the molecule is Cc1nccc(N[C@H]2CC[C@@H](Oc3cc(C4=COCC4)cc4nccnc34)CC2)n1. The van der Waals surface area contributed by atoms with Gasteiger partial charge in [0.05, 0.1) is 24.5 Å². The molecule has 1 saturated carbocycles. The Morgan fingerprint density at radius 1 is 1.03 bits per heavy atom. The molecule has 0 bridgehead atoms. The van der Waals surface area contributed by atoms with Gasteiger partial charge in [0.25, 0.3) is 0 Å². The molecule has 7 heteroatoms. The van der Waals surface area contributed by atoms with Crippen LogP contribution in [0.25, 0.3) is 16.6 Å². The van der Waals surface area contributed by atoms with Crippen molar-refractivity contribution in [3.05, 3.63) is 54.4 Å². The van der Waals surface area contributed by atoms with E-state index in [1.54, 1.807) is 18.6 Å². The lowest BCUT2D eigenvalue weighted by atomic mass is 9.93. The lowest BCUT2D eigenvalue weighted by Crippen LogP contribution is -2.31. The molecule has 0 spiro atoms. The van der Waals surface area contributed by atoms with Crippen molar-refractivity contribution in [3.63, 3.8) is 0 Å². The largest absolute Gasteiger partial charge is 0.501 e. The van der Waals surface area contributed by atoms with E-state index in [4.69, 9.17) is 9.47 Å². The molecule has 1 aromatic carbocycles. The lowest BCUT2D eigenvalue weighted by molar-refractivity contribution is 0.151. The average molecular weight is 403 g/mol. The van der Waals surface area contributed by atoms with Crippen molar-refractivity contribution >= 4 is 22.4 Å². The van der Waals surface area contributed by atoms with Gasteiger partial charge in [-0.3, -0.25) is 4.98 Å². The molecule has 3 heterocycles. The van der Waals surface area contributed by atoms with Crippen molar-refractivity contribution in [1.29, 1.82) is 0 Å². The minimum Gasteiger partial charge on any atom is -0.501 e. The predicted octanol–water partition coefficient (Wildman–Crippen LogP) is 4.29. The second kappa shape index (κ2) is 8.26. The standard InChI is InChI=1S/C23H25N5O2/c1-15-24-8-6-22(27-15)28-18-2-4-19(5-3-18)30-21-13-17(16-7-11-29-14-16)12-20-23(21)26-10-9-25-20/h6,8-10,12-14,18-19H,2-5,7,11H2,1H3,(H,24,27,28)/t18-,19+. The summed E-state index contributed by atoms with van der Waals surface area (Å²) in [5.41, 5.74) is 3.95. The van der Waals surface area contributed by atoms with Gasteiger partial charge in [0.15, 0.2) is 0 Å². The molecule has 1 N–H and O–H groups in total. The molecule has 30 heavy (non-hydrogen) atoms. The third-order valence-corrected chi connectivity index (χ3v) is 5.72. The Kier molecular flexibility index (Phi) is 5.17. The molecule has 0 amide bonds. The van der Waals surface area contributed by atoms with Gasteiger partial charge in [-0.1, -0.05) is 0 Å². The number of hydrogen-bond donors (Lipinski definition) is 1. The fraction of sp³-hybridized carbons (Fsp3) is 0.391. The monoisotopic (exact) mass is 403 g/mol. The van der Waals surface area contributed by atoms with Crippen LogP contribution in [0.4, 0.5) is 5.82 Å². The highest BCUT2D eigenvalue weighted by Crippen LogP contribution is 2.33. The first-order chi connectivity index (χ1) is 14.7.